The zero-order valence-electron chi connectivity index (χ0n) is 13.0. The summed E-state index contributed by atoms with van der Waals surface area (Å²) in [6, 6.07) is 8.40. The molecule has 1 aromatic carbocycles. The van der Waals surface area contributed by atoms with E-state index in [1.807, 2.05) is 25.1 Å². The highest BCUT2D eigenvalue weighted by Gasteiger charge is 2.40. The van der Waals surface area contributed by atoms with Gasteiger partial charge in [-0.2, -0.15) is 0 Å². The van der Waals surface area contributed by atoms with Crippen molar-refractivity contribution in [3.8, 4) is 0 Å². The number of nitrogens with one attached hydrogen (secondary N) is 1. The van der Waals surface area contributed by atoms with Crippen molar-refractivity contribution in [2.45, 2.75) is 38.3 Å². The van der Waals surface area contributed by atoms with Gasteiger partial charge in [0.2, 0.25) is 5.91 Å². The summed E-state index contributed by atoms with van der Waals surface area (Å²) in [6.07, 6.45) is 1.43. The third-order valence-corrected chi connectivity index (χ3v) is 6.51. The number of para-hydroxylation sites is 1. The van der Waals surface area contributed by atoms with Crippen LogP contribution in [0.3, 0.4) is 0 Å². The third-order valence-electron chi connectivity index (χ3n) is 4.61. The summed E-state index contributed by atoms with van der Waals surface area (Å²) in [4.78, 5) is 14.5. The van der Waals surface area contributed by atoms with Crippen LogP contribution in [0.25, 0.3) is 0 Å². The number of amides is 1. The Hall–Kier alpha value is -1.56. The van der Waals surface area contributed by atoms with Gasteiger partial charge < -0.3 is 10.2 Å². The largest absolute Gasteiger partial charge is 0.359 e. The molecule has 0 bridgehead atoms. The lowest BCUT2D eigenvalue weighted by Gasteiger charge is -2.28. The summed E-state index contributed by atoms with van der Waals surface area (Å²) >= 11 is 0. The maximum absolute atomic E-state index is 12.4. The first-order valence-electron chi connectivity index (χ1n) is 7.64. The number of carbonyl (C=O) groups is 1. The number of hydrogen-bond acceptors (Lipinski definition) is 4. The number of fused-ring (bicyclic) bond motifs is 1. The van der Waals surface area contributed by atoms with Crippen molar-refractivity contribution in [3.05, 3.63) is 29.8 Å². The summed E-state index contributed by atoms with van der Waals surface area (Å²) in [5.41, 5.74) is 1.74. The molecule has 22 heavy (non-hydrogen) atoms. The van der Waals surface area contributed by atoms with E-state index in [9.17, 15) is 13.2 Å². The quantitative estimate of drug-likeness (QED) is 0.906. The molecule has 6 heteroatoms. The molecule has 0 radical (unpaired) electrons. The Bertz CT molecular complexity index is 701. The molecule has 1 amide bonds. The van der Waals surface area contributed by atoms with Gasteiger partial charge in [-0.1, -0.05) is 18.2 Å². The lowest BCUT2D eigenvalue weighted by Crippen LogP contribution is -2.51. The summed E-state index contributed by atoms with van der Waals surface area (Å²) in [7, 11) is -3.01. The van der Waals surface area contributed by atoms with Crippen LogP contribution in [0.2, 0.25) is 0 Å². The zero-order chi connectivity index (χ0) is 16.0. The Balaban J connectivity index is 1.68. The van der Waals surface area contributed by atoms with Crippen LogP contribution >= 0.6 is 0 Å². The van der Waals surface area contributed by atoms with Gasteiger partial charge in [0.1, 0.15) is 0 Å². The molecule has 0 unspecified atom stereocenters. The molecule has 0 spiro atoms. The van der Waals surface area contributed by atoms with Gasteiger partial charge in [0.25, 0.3) is 0 Å². The normalized spacial score (nSPS) is 29.4. The first kappa shape index (κ1) is 15.3. The Morgan fingerprint density at radius 3 is 2.82 bits per heavy atom. The van der Waals surface area contributed by atoms with E-state index in [1.165, 1.54) is 5.56 Å². The molecule has 0 saturated carbocycles. The van der Waals surface area contributed by atoms with Crippen LogP contribution < -0.4 is 10.2 Å². The molecule has 1 N–H and O–H groups in total. The molecule has 3 rings (SSSR count). The van der Waals surface area contributed by atoms with E-state index in [4.69, 9.17) is 0 Å². The van der Waals surface area contributed by atoms with Crippen molar-refractivity contribution in [1.82, 2.24) is 5.32 Å². The van der Waals surface area contributed by atoms with Crippen LogP contribution in [0, 0.1) is 0 Å². The van der Waals surface area contributed by atoms with Crippen molar-refractivity contribution in [2.24, 2.45) is 0 Å². The Morgan fingerprint density at radius 2 is 2.14 bits per heavy atom. The predicted octanol–water partition coefficient (Wildman–Crippen LogP) is 1.13. The van der Waals surface area contributed by atoms with Gasteiger partial charge in [-0.3, -0.25) is 4.79 Å². The van der Waals surface area contributed by atoms with Gasteiger partial charge in [-0.15, -0.1) is 0 Å². The number of hydrogen-bond donors (Lipinski definition) is 1. The monoisotopic (exact) mass is 322 g/mol. The fourth-order valence-corrected chi connectivity index (χ4v) is 5.60. The van der Waals surface area contributed by atoms with Gasteiger partial charge >= 0.3 is 0 Å². The highest BCUT2D eigenvalue weighted by molar-refractivity contribution is 7.91. The molecule has 120 valence electrons. The number of benzene rings is 1. The Morgan fingerprint density at radius 1 is 1.41 bits per heavy atom. The summed E-state index contributed by atoms with van der Waals surface area (Å²) < 4.78 is 23.3. The predicted molar refractivity (Wildman–Crippen MR) is 86.8 cm³/mol. The Kier molecular flexibility index (Phi) is 3.67. The third kappa shape index (κ3) is 2.97. The van der Waals surface area contributed by atoms with Crippen molar-refractivity contribution >= 4 is 21.4 Å². The van der Waals surface area contributed by atoms with Crippen LogP contribution in [0.5, 0.6) is 0 Å². The number of anilines is 1. The van der Waals surface area contributed by atoms with Crippen LogP contribution in [0.1, 0.15) is 25.8 Å². The average molecular weight is 322 g/mol. The standard InChI is InChI=1S/C16H22N2O3S/c1-12-9-13-5-3-4-6-14(13)18(12)10-15(19)17-16(2)7-8-22(20,21)11-16/h3-6,12H,7-11H2,1-2H3,(H,17,19)/t12-,16-/m0/s1. The van der Waals surface area contributed by atoms with Crippen molar-refractivity contribution in [3.63, 3.8) is 0 Å². The van der Waals surface area contributed by atoms with E-state index in [-0.39, 0.29) is 30.0 Å². The van der Waals surface area contributed by atoms with Crippen LogP contribution in [0.4, 0.5) is 5.69 Å². The van der Waals surface area contributed by atoms with Gasteiger partial charge in [-0.05, 0) is 38.3 Å². The number of rotatable bonds is 3. The summed E-state index contributed by atoms with van der Waals surface area (Å²) in [6.45, 7) is 4.19. The van der Waals surface area contributed by atoms with Crippen LogP contribution in [-0.2, 0) is 21.1 Å². The molecule has 2 atom stereocenters. The minimum Gasteiger partial charge on any atom is -0.359 e. The van der Waals surface area contributed by atoms with Gasteiger partial charge in [0, 0.05) is 11.7 Å². The lowest BCUT2D eigenvalue weighted by molar-refractivity contribution is -0.121. The highest BCUT2D eigenvalue weighted by Crippen LogP contribution is 2.31. The molecule has 2 heterocycles. The number of nitrogens with zero attached hydrogens (tertiary/aromatic N) is 1. The molecule has 2 aliphatic heterocycles. The summed E-state index contributed by atoms with van der Waals surface area (Å²) in [5.74, 6) is 0.0908. The van der Waals surface area contributed by atoms with E-state index in [0.29, 0.717) is 6.42 Å². The van der Waals surface area contributed by atoms with E-state index < -0.39 is 15.4 Å². The molecular formula is C16H22N2O3S. The second-order valence-corrected chi connectivity index (χ2v) is 8.94. The molecule has 0 aliphatic carbocycles. The molecule has 2 aliphatic rings. The fraction of sp³-hybridized carbons (Fsp3) is 0.562. The summed E-state index contributed by atoms with van der Waals surface area (Å²) in [5, 5.41) is 2.93. The zero-order valence-corrected chi connectivity index (χ0v) is 13.8. The second-order valence-electron chi connectivity index (χ2n) is 6.76. The molecule has 1 saturated heterocycles. The first-order valence-corrected chi connectivity index (χ1v) is 9.46. The maximum atomic E-state index is 12.4. The second kappa shape index (κ2) is 5.26. The SMILES string of the molecule is C[C@H]1Cc2ccccc2N1CC(=O)N[C@@]1(C)CCS(=O)(=O)C1. The molecule has 1 aromatic rings. The van der Waals surface area contributed by atoms with Gasteiger partial charge in [-0.25, -0.2) is 8.42 Å². The minimum absolute atomic E-state index is 0.0396. The maximum Gasteiger partial charge on any atom is 0.239 e. The lowest BCUT2D eigenvalue weighted by atomic mass is 10.0. The van der Waals surface area contributed by atoms with Crippen molar-refractivity contribution in [2.75, 3.05) is 23.0 Å². The van der Waals surface area contributed by atoms with Crippen molar-refractivity contribution < 1.29 is 13.2 Å². The number of sulfone groups is 1. The van der Waals surface area contributed by atoms with E-state index in [2.05, 4.69) is 23.2 Å². The first-order chi connectivity index (χ1) is 10.3. The van der Waals surface area contributed by atoms with Gasteiger partial charge in [0.05, 0.1) is 23.6 Å². The fourth-order valence-electron chi connectivity index (χ4n) is 3.51. The van der Waals surface area contributed by atoms with E-state index in [1.54, 1.807) is 0 Å². The highest BCUT2D eigenvalue weighted by atomic mass is 32.2. The van der Waals surface area contributed by atoms with E-state index >= 15 is 0 Å². The van der Waals surface area contributed by atoms with Crippen LogP contribution in [-0.4, -0.2) is 44.0 Å². The molecule has 5 nitrogen and oxygen atoms in total. The van der Waals surface area contributed by atoms with Gasteiger partial charge in [0.15, 0.2) is 9.84 Å². The van der Waals surface area contributed by atoms with Crippen molar-refractivity contribution in [1.29, 1.82) is 0 Å². The molecule has 0 aromatic heterocycles. The number of carbonyl (C=O) groups excluding carboxylic acids is 1. The topological polar surface area (TPSA) is 66.5 Å². The average Bonchev–Trinajstić information content (AvgIpc) is 2.87. The molecular weight excluding hydrogens is 300 g/mol. The smallest absolute Gasteiger partial charge is 0.239 e. The minimum atomic E-state index is -3.01. The van der Waals surface area contributed by atoms with Crippen LogP contribution in [0.15, 0.2) is 24.3 Å². The Labute approximate surface area is 131 Å². The molecule has 1 fully saturated rings. The van der Waals surface area contributed by atoms with E-state index in [0.717, 1.165) is 12.1 Å².